The molecule has 23 heavy (non-hydrogen) atoms. The third kappa shape index (κ3) is 11.6. The van der Waals surface area contributed by atoms with E-state index in [1.807, 2.05) is 18.2 Å². The Labute approximate surface area is 139 Å². The Morgan fingerprint density at radius 1 is 1.09 bits per heavy atom. The molecule has 0 bridgehead atoms. The van der Waals surface area contributed by atoms with Gasteiger partial charge in [-0.15, -0.1) is 0 Å². The molecule has 0 amide bonds. The third-order valence-electron chi connectivity index (χ3n) is 3.56. The number of hydrogen-bond donors (Lipinski definition) is 4. The van der Waals surface area contributed by atoms with Crippen LogP contribution in [0.1, 0.15) is 57.4 Å². The number of phenolic OH excluding ortho intramolecular Hbond substituents is 1. The molecule has 0 aliphatic heterocycles. The van der Waals surface area contributed by atoms with Crippen molar-refractivity contribution in [2.24, 2.45) is 5.73 Å². The van der Waals surface area contributed by atoms with Crippen LogP contribution in [0.3, 0.4) is 0 Å². The zero-order valence-electron chi connectivity index (χ0n) is 14.1. The number of nitrogens with two attached hydrogens (primary N) is 1. The standard InChI is InChI=1S/C15H24O.C3H7NO3/c1-2-3-4-5-6-7-8-11-14-12-9-10-13-15(14)16;4-2(1-5)3(6)7/h9-10,12-13,16H,2-8,11H2,1H3;2,5H,1,4H2,(H,6,7)/t;2-/m.0/s1. The monoisotopic (exact) mass is 325 g/mol. The van der Waals surface area contributed by atoms with Gasteiger partial charge in [0, 0.05) is 0 Å². The summed E-state index contributed by atoms with van der Waals surface area (Å²) < 4.78 is 0. The van der Waals surface area contributed by atoms with Crippen LogP contribution in [-0.2, 0) is 11.2 Å². The highest BCUT2D eigenvalue weighted by molar-refractivity contribution is 5.73. The fourth-order valence-electron chi connectivity index (χ4n) is 2.07. The van der Waals surface area contributed by atoms with Gasteiger partial charge in [0.15, 0.2) is 0 Å². The van der Waals surface area contributed by atoms with Gasteiger partial charge >= 0.3 is 5.97 Å². The number of phenols is 1. The molecule has 5 N–H and O–H groups in total. The minimum absolute atomic E-state index is 0.452. The molecule has 0 saturated carbocycles. The number of aliphatic hydroxyl groups excluding tert-OH is 1. The maximum Gasteiger partial charge on any atom is 0.322 e. The van der Waals surface area contributed by atoms with Crippen molar-refractivity contribution in [2.75, 3.05) is 6.61 Å². The van der Waals surface area contributed by atoms with Crippen molar-refractivity contribution < 1.29 is 20.1 Å². The summed E-state index contributed by atoms with van der Waals surface area (Å²) in [6.07, 6.45) is 10.3. The zero-order chi connectivity index (χ0) is 17.5. The van der Waals surface area contributed by atoms with Crippen molar-refractivity contribution in [2.45, 2.75) is 64.3 Å². The molecule has 1 atom stereocenters. The normalized spacial score (nSPS) is 11.4. The Balaban J connectivity index is 0.000000585. The topological polar surface area (TPSA) is 104 Å². The summed E-state index contributed by atoms with van der Waals surface area (Å²) in [5.41, 5.74) is 5.86. The number of aliphatic carboxylic acids is 1. The molecule has 0 aromatic heterocycles. The van der Waals surface area contributed by atoms with E-state index in [1.165, 1.54) is 44.9 Å². The van der Waals surface area contributed by atoms with Gasteiger partial charge in [0.1, 0.15) is 11.8 Å². The van der Waals surface area contributed by atoms with E-state index in [9.17, 15) is 9.90 Å². The number of aliphatic hydroxyl groups is 1. The number of carbonyl (C=O) groups is 1. The SMILES string of the molecule is CCCCCCCCCc1ccccc1O.N[C@@H](CO)C(=O)O. The van der Waals surface area contributed by atoms with Crippen LogP contribution in [0.4, 0.5) is 0 Å². The van der Waals surface area contributed by atoms with Crippen LogP contribution in [0.5, 0.6) is 5.75 Å². The number of unbranched alkanes of at least 4 members (excludes halogenated alkanes) is 6. The molecule has 5 nitrogen and oxygen atoms in total. The molecule has 0 unspecified atom stereocenters. The molecule has 1 aromatic rings. The Hall–Kier alpha value is -1.59. The summed E-state index contributed by atoms with van der Waals surface area (Å²) in [5, 5.41) is 25.5. The second-order valence-electron chi connectivity index (χ2n) is 5.63. The summed E-state index contributed by atoms with van der Waals surface area (Å²) in [6, 6.07) is 6.54. The highest BCUT2D eigenvalue weighted by atomic mass is 16.4. The average Bonchev–Trinajstić information content (AvgIpc) is 2.55. The molecule has 1 aromatic carbocycles. The number of carboxylic acid groups (broad SMARTS) is 1. The van der Waals surface area contributed by atoms with Crippen LogP contribution in [0, 0.1) is 0 Å². The van der Waals surface area contributed by atoms with Gasteiger partial charge in [-0.1, -0.05) is 63.6 Å². The van der Waals surface area contributed by atoms with Gasteiger partial charge in [0.05, 0.1) is 6.61 Å². The molecule has 132 valence electrons. The summed E-state index contributed by atoms with van der Waals surface area (Å²) in [5.74, 6) is -0.726. The van der Waals surface area contributed by atoms with Gasteiger partial charge in [-0.2, -0.15) is 0 Å². The molecule has 5 heteroatoms. The zero-order valence-corrected chi connectivity index (χ0v) is 14.1. The van der Waals surface area contributed by atoms with Crippen LogP contribution >= 0.6 is 0 Å². The van der Waals surface area contributed by atoms with E-state index in [0.29, 0.717) is 5.75 Å². The Kier molecular flexibility index (Phi) is 13.1. The van der Waals surface area contributed by atoms with Crippen molar-refractivity contribution in [1.82, 2.24) is 0 Å². The van der Waals surface area contributed by atoms with E-state index in [-0.39, 0.29) is 0 Å². The van der Waals surface area contributed by atoms with Crippen molar-refractivity contribution in [1.29, 1.82) is 0 Å². The minimum Gasteiger partial charge on any atom is -0.508 e. The molecular weight excluding hydrogens is 294 g/mol. The molecule has 0 saturated heterocycles. The molecule has 0 fully saturated rings. The summed E-state index contributed by atoms with van der Waals surface area (Å²) in [4.78, 5) is 9.65. The van der Waals surface area contributed by atoms with Crippen molar-refractivity contribution in [3.05, 3.63) is 29.8 Å². The molecule has 0 heterocycles. The van der Waals surface area contributed by atoms with Crippen LogP contribution in [0.15, 0.2) is 24.3 Å². The predicted molar refractivity (Wildman–Crippen MR) is 92.5 cm³/mol. The molecule has 0 radical (unpaired) electrons. The van der Waals surface area contributed by atoms with E-state index in [4.69, 9.17) is 15.9 Å². The van der Waals surface area contributed by atoms with E-state index in [2.05, 4.69) is 6.92 Å². The van der Waals surface area contributed by atoms with Crippen molar-refractivity contribution in [3.63, 3.8) is 0 Å². The number of aryl methyl sites for hydroxylation is 1. The lowest BCUT2D eigenvalue weighted by Crippen LogP contribution is -2.33. The number of benzene rings is 1. The first-order valence-corrected chi connectivity index (χ1v) is 8.39. The lowest BCUT2D eigenvalue weighted by atomic mass is 10.0. The van der Waals surface area contributed by atoms with Gasteiger partial charge < -0.3 is 21.1 Å². The van der Waals surface area contributed by atoms with Crippen LogP contribution in [-0.4, -0.2) is 33.9 Å². The highest BCUT2D eigenvalue weighted by Gasteiger charge is 2.07. The maximum absolute atomic E-state index is 9.65. The molecule has 0 spiro atoms. The van der Waals surface area contributed by atoms with Gasteiger partial charge in [0.25, 0.3) is 0 Å². The highest BCUT2D eigenvalue weighted by Crippen LogP contribution is 2.18. The van der Waals surface area contributed by atoms with Gasteiger partial charge in [-0.05, 0) is 24.5 Å². The first-order valence-electron chi connectivity index (χ1n) is 8.39. The summed E-state index contributed by atoms with van der Waals surface area (Å²) in [6.45, 7) is 1.74. The lowest BCUT2D eigenvalue weighted by molar-refractivity contribution is -0.139. The number of rotatable bonds is 10. The van der Waals surface area contributed by atoms with E-state index >= 15 is 0 Å². The third-order valence-corrected chi connectivity index (χ3v) is 3.56. The summed E-state index contributed by atoms with van der Waals surface area (Å²) in [7, 11) is 0. The minimum atomic E-state index is -1.18. The van der Waals surface area contributed by atoms with Crippen LogP contribution in [0.25, 0.3) is 0 Å². The quantitative estimate of drug-likeness (QED) is 0.495. The average molecular weight is 325 g/mol. The molecule has 0 aliphatic rings. The lowest BCUT2D eigenvalue weighted by Gasteiger charge is -2.04. The van der Waals surface area contributed by atoms with Crippen molar-refractivity contribution >= 4 is 5.97 Å². The van der Waals surface area contributed by atoms with Gasteiger partial charge in [0.2, 0.25) is 0 Å². The Morgan fingerprint density at radius 3 is 2.13 bits per heavy atom. The Morgan fingerprint density at radius 2 is 1.65 bits per heavy atom. The smallest absolute Gasteiger partial charge is 0.322 e. The van der Waals surface area contributed by atoms with E-state index in [0.717, 1.165) is 12.0 Å². The van der Waals surface area contributed by atoms with Gasteiger partial charge in [-0.25, -0.2) is 0 Å². The second-order valence-corrected chi connectivity index (χ2v) is 5.63. The van der Waals surface area contributed by atoms with Crippen molar-refractivity contribution in [3.8, 4) is 5.75 Å². The second kappa shape index (κ2) is 14.0. The number of carboxylic acids is 1. The number of aromatic hydroxyl groups is 1. The molecule has 1 rings (SSSR count). The predicted octanol–water partition coefficient (Wildman–Crippen LogP) is 3.08. The molecule has 0 aliphatic carbocycles. The number of para-hydroxylation sites is 1. The first kappa shape index (κ1) is 21.4. The molecular formula is C18H31NO4. The Bertz CT molecular complexity index is 423. The van der Waals surface area contributed by atoms with Crippen LogP contribution in [0.2, 0.25) is 0 Å². The van der Waals surface area contributed by atoms with Crippen LogP contribution < -0.4 is 5.73 Å². The largest absolute Gasteiger partial charge is 0.508 e. The van der Waals surface area contributed by atoms with Gasteiger partial charge in [-0.3, -0.25) is 4.79 Å². The fourth-order valence-corrected chi connectivity index (χ4v) is 2.07. The van der Waals surface area contributed by atoms with E-state index < -0.39 is 18.6 Å². The first-order chi connectivity index (χ1) is 11.0. The maximum atomic E-state index is 9.65. The van der Waals surface area contributed by atoms with E-state index in [1.54, 1.807) is 6.07 Å². The number of hydrogen-bond acceptors (Lipinski definition) is 4. The summed E-state index contributed by atoms with van der Waals surface area (Å²) >= 11 is 0. The fraction of sp³-hybridized carbons (Fsp3) is 0.611.